The van der Waals surface area contributed by atoms with Gasteiger partial charge in [0.05, 0.1) is 5.69 Å². The third kappa shape index (κ3) is 3.54. The van der Waals surface area contributed by atoms with Gasteiger partial charge in [-0.05, 0) is 68.2 Å². The van der Waals surface area contributed by atoms with Gasteiger partial charge in [-0.2, -0.15) is 0 Å². The number of ketones is 1. The average Bonchev–Trinajstić information content (AvgIpc) is 3.04. The fraction of sp³-hybridized carbons (Fsp3) is 0.360. The number of carbonyl (C=O) groups is 1. The maximum Gasteiger partial charge on any atom is 0.165 e. The van der Waals surface area contributed by atoms with E-state index in [1.54, 1.807) is 0 Å². The molecule has 1 aromatic carbocycles. The molecule has 30 heavy (non-hydrogen) atoms. The van der Waals surface area contributed by atoms with Gasteiger partial charge in [0.2, 0.25) is 0 Å². The molecule has 0 unspecified atom stereocenters. The zero-order valence-electron chi connectivity index (χ0n) is 17.9. The lowest BCUT2D eigenvalue weighted by Gasteiger charge is -2.40. The number of hydrogen-bond donors (Lipinski definition) is 1. The zero-order chi connectivity index (χ0) is 20.9. The summed E-state index contributed by atoms with van der Waals surface area (Å²) in [5.41, 5.74) is 7.23. The molecule has 2 aliphatic rings. The van der Waals surface area contributed by atoms with Gasteiger partial charge in [-0.15, -0.1) is 0 Å². The van der Waals surface area contributed by atoms with Gasteiger partial charge < -0.3 is 14.6 Å². The van der Waals surface area contributed by atoms with Crippen LogP contribution < -0.4 is 10.2 Å². The van der Waals surface area contributed by atoms with Crippen molar-refractivity contribution in [1.29, 1.82) is 0 Å². The summed E-state index contributed by atoms with van der Waals surface area (Å²) in [5.74, 6) is 0.163. The Bertz CT molecular complexity index is 1170. The fourth-order valence-corrected chi connectivity index (χ4v) is 4.58. The average molecular weight is 401 g/mol. The fourth-order valence-electron chi connectivity index (χ4n) is 4.58. The van der Waals surface area contributed by atoms with Crippen molar-refractivity contribution in [2.75, 3.05) is 24.5 Å². The Hall–Kier alpha value is -2.92. The molecular weight excluding hydrogens is 372 g/mol. The molecule has 154 valence electrons. The number of piperazine rings is 1. The zero-order valence-corrected chi connectivity index (χ0v) is 17.9. The van der Waals surface area contributed by atoms with Gasteiger partial charge in [0.15, 0.2) is 5.78 Å². The summed E-state index contributed by atoms with van der Waals surface area (Å²) in [5, 5.41) is 3.57. The van der Waals surface area contributed by atoms with Crippen LogP contribution >= 0.6 is 0 Å². The topological polar surface area (TPSA) is 49.6 Å². The van der Waals surface area contributed by atoms with Crippen LogP contribution in [0, 0.1) is 6.92 Å². The molecule has 0 bridgehead atoms. The summed E-state index contributed by atoms with van der Waals surface area (Å²) in [6.45, 7) is 9.51. The van der Waals surface area contributed by atoms with E-state index in [4.69, 9.17) is 4.98 Å². The highest BCUT2D eigenvalue weighted by Gasteiger charge is 2.26. The van der Waals surface area contributed by atoms with E-state index in [-0.39, 0.29) is 11.3 Å². The van der Waals surface area contributed by atoms with Crippen molar-refractivity contribution < 1.29 is 4.79 Å². The molecule has 0 radical (unpaired) electrons. The lowest BCUT2D eigenvalue weighted by Crippen LogP contribution is -2.57. The van der Waals surface area contributed by atoms with Crippen molar-refractivity contribution in [2.45, 2.75) is 39.2 Å². The highest BCUT2D eigenvalue weighted by atomic mass is 16.1. The van der Waals surface area contributed by atoms with E-state index in [1.165, 1.54) is 16.8 Å². The van der Waals surface area contributed by atoms with Gasteiger partial charge in [-0.25, -0.2) is 4.98 Å². The first-order valence-corrected chi connectivity index (χ1v) is 10.7. The van der Waals surface area contributed by atoms with Crippen LogP contribution in [0.2, 0.25) is 0 Å². The highest BCUT2D eigenvalue weighted by Crippen LogP contribution is 2.30. The summed E-state index contributed by atoms with van der Waals surface area (Å²) in [7, 11) is 0. The third-order valence-corrected chi connectivity index (χ3v) is 6.16. The largest absolute Gasteiger partial charge is 0.368 e. The molecule has 2 aromatic heterocycles. The van der Waals surface area contributed by atoms with Crippen LogP contribution in [0.1, 0.15) is 42.7 Å². The SMILES string of the molecule is Cc1ccc2nc(C3=Cc4ccc(N5CCNC(C)(C)C5)cc4CCC3=O)cn2c1. The normalized spacial score (nSPS) is 18.8. The number of aryl methyl sites for hydroxylation is 2. The Morgan fingerprint density at radius 3 is 2.80 bits per heavy atom. The predicted octanol–water partition coefficient (Wildman–Crippen LogP) is 3.89. The molecule has 0 saturated carbocycles. The Morgan fingerprint density at radius 2 is 1.97 bits per heavy atom. The van der Waals surface area contributed by atoms with E-state index >= 15 is 0 Å². The minimum atomic E-state index is 0.107. The van der Waals surface area contributed by atoms with Crippen LogP contribution in [0.25, 0.3) is 17.3 Å². The number of allylic oxidation sites excluding steroid dienone is 1. The molecule has 5 heteroatoms. The van der Waals surface area contributed by atoms with Crippen molar-refractivity contribution in [3.8, 4) is 0 Å². The molecule has 5 nitrogen and oxygen atoms in total. The van der Waals surface area contributed by atoms with Crippen molar-refractivity contribution in [2.24, 2.45) is 0 Å². The Morgan fingerprint density at radius 1 is 1.10 bits per heavy atom. The van der Waals surface area contributed by atoms with Crippen molar-refractivity contribution in [3.63, 3.8) is 0 Å². The van der Waals surface area contributed by atoms with Crippen molar-refractivity contribution >= 4 is 28.8 Å². The quantitative estimate of drug-likeness (QED) is 0.709. The Balaban J connectivity index is 1.51. The Labute approximate surface area is 177 Å². The van der Waals surface area contributed by atoms with E-state index in [0.29, 0.717) is 12.0 Å². The second-order valence-electron chi connectivity index (χ2n) is 9.19. The molecule has 0 atom stereocenters. The van der Waals surface area contributed by atoms with E-state index < -0.39 is 0 Å². The molecule has 5 rings (SSSR count). The second-order valence-corrected chi connectivity index (χ2v) is 9.19. The van der Waals surface area contributed by atoms with Gasteiger partial charge in [0.25, 0.3) is 0 Å². The van der Waals surface area contributed by atoms with Crippen LogP contribution in [-0.2, 0) is 11.2 Å². The van der Waals surface area contributed by atoms with E-state index in [2.05, 4.69) is 49.2 Å². The number of hydrogen-bond acceptors (Lipinski definition) is 4. The first kappa shape index (κ1) is 19.1. The number of anilines is 1. The summed E-state index contributed by atoms with van der Waals surface area (Å²) in [6, 6.07) is 10.7. The summed E-state index contributed by atoms with van der Waals surface area (Å²) in [4.78, 5) is 20.1. The van der Waals surface area contributed by atoms with Gasteiger partial charge in [-0.1, -0.05) is 12.1 Å². The lowest BCUT2D eigenvalue weighted by atomic mass is 9.99. The summed E-state index contributed by atoms with van der Waals surface area (Å²) >= 11 is 0. The van der Waals surface area contributed by atoms with Gasteiger partial charge in [0, 0.05) is 55.2 Å². The van der Waals surface area contributed by atoms with Crippen LogP contribution in [0.15, 0.2) is 42.7 Å². The van der Waals surface area contributed by atoms with Crippen LogP contribution in [0.3, 0.4) is 0 Å². The number of pyridine rings is 1. The first-order valence-electron chi connectivity index (χ1n) is 10.7. The van der Waals surface area contributed by atoms with Gasteiger partial charge in [-0.3, -0.25) is 4.79 Å². The minimum Gasteiger partial charge on any atom is -0.368 e. The van der Waals surface area contributed by atoms with Crippen LogP contribution in [-0.4, -0.2) is 40.3 Å². The van der Waals surface area contributed by atoms with E-state index in [1.807, 2.05) is 35.0 Å². The smallest absolute Gasteiger partial charge is 0.165 e. The van der Waals surface area contributed by atoms with E-state index in [9.17, 15) is 4.79 Å². The molecule has 1 aliphatic heterocycles. The molecule has 1 aliphatic carbocycles. The molecule has 1 fully saturated rings. The number of benzene rings is 1. The van der Waals surface area contributed by atoms with Gasteiger partial charge >= 0.3 is 0 Å². The molecule has 1 N–H and O–H groups in total. The highest BCUT2D eigenvalue weighted by molar-refractivity contribution is 6.25. The first-order chi connectivity index (χ1) is 14.4. The maximum absolute atomic E-state index is 13.0. The molecule has 1 saturated heterocycles. The number of fused-ring (bicyclic) bond motifs is 2. The van der Waals surface area contributed by atoms with Gasteiger partial charge in [0.1, 0.15) is 5.65 Å². The molecule has 3 aromatic rings. The monoisotopic (exact) mass is 400 g/mol. The Kier molecular flexibility index (Phi) is 4.51. The number of nitrogens with zero attached hydrogens (tertiary/aromatic N) is 3. The lowest BCUT2D eigenvalue weighted by molar-refractivity contribution is -0.113. The van der Waals surface area contributed by atoms with Crippen molar-refractivity contribution in [3.05, 3.63) is 65.1 Å². The molecule has 0 amide bonds. The number of imidazole rings is 1. The van der Waals surface area contributed by atoms with Crippen LogP contribution in [0.4, 0.5) is 5.69 Å². The summed E-state index contributed by atoms with van der Waals surface area (Å²) in [6.07, 6.45) is 7.33. The summed E-state index contributed by atoms with van der Waals surface area (Å²) < 4.78 is 2.00. The molecular formula is C25H28N4O. The number of carbonyl (C=O) groups excluding carboxylic acids is 1. The molecule has 0 spiro atoms. The number of rotatable bonds is 2. The number of Topliss-reactive ketones (excluding diaryl/α,β-unsaturated/α-hetero) is 1. The van der Waals surface area contributed by atoms with E-state index in [0.717, 1.165) is 43.0 Å². The number of aromatic nitrogens is 2. The predicted molar refractivity (Wildman–Crippen MR) is 122 cm³/mol. The third-order valence-electron chi connectivity index (χ3n) is 6.16. The van der Waals surface area contributed by atoms with Crippen molar-refractivity contribution in [1.82, 2.24) is 14.7 Å². The second kappa shape index (κ2) is 7.10. The number of nitrogens with one attached hydrogen (secondary N) is 1. The minimum absolute atomic E-state index is 0.107. The van der Waals surface area contributed by atoms with Crippen LogP contribution in [0.5, 0.6) is 0 Å². The molecule has 3 heterocycles. The maximum atomic E-state index is 13.0. The standard InChI is InChI=1S/C25H28N4O/c1-17-4-9-24-27-22(15-29(24)14-17)21-13-19-5-7-20(12-18(19)6-8-23(21)30)28-11-10-26-25(2,3)16-28/h4-5,7,9,12-15,26H,6,8,10-11,16H2,1-3H3.